The van der Waals surface area contributed by atoms with Crippen LogP contribution in [0.3, 0.4) is 0 Å². The maximum Gasteiger partial charge on any atom is 0.264 e. The summed E-state index contributed by atoms with van der Waals surface area (Å²) in [7, 11) is -7.57. The summed E-state index contributed by atoms with van der Waals surface area (Å²) in [4.78, 5) is 13.3. The molecule has 1 amide bonds. The van der Waals surface area contributed by atoms with Gasteiger partial charge >= 0.3 is 0 Å². The minimum atomic E-state index is -3.96. The minimum absolute atomic E-state index is 0.106. The number of carbonyl (C=O) groups is 1. The number of nitrogens with zero attached hydrogens (tertiary/aromatic N) is 2. The zero-order chi connectivity index (χ0) is 29.9. The number of morpholine rings is 1. The smallest absolute Gasteiger partial charge is 0.264 e. The fourth-order valence-electron chi connectivity index (χ4n) is 4.66. The van der Waals surface area contributed by atoms with Crippen LogP contribution >= 0.6 is 0 Å². The number of amides is 1. The molecule has 1 fully saturated rings. The predicted molar refractivity (Wildman–Crippen MR) is 156 cm³/mol. The second kappa shape index (κ2) is 12.3. The Bertz CT molecular complexity index is 1640. The fraction of sp³-hybridized carbons (Fsp3) is 0.345. The van der Waals surface area contributed by atoms with Crippen LogP contribution in [-0.4, -0.2) is 79.2 Å². The Morgan fingerprint density at radius 3 is 2.19 bits per heavy atom. The summed E-state index contributed by atoms with van der Waals surface area (Å²) in [6.07, 6.45) is -1.08. The van der Waals surface area contributed by atoms with Crippen LogP contribution in [0, 0.1) is 13.8 Å². The lowest BCUT2D eigenvalue weighted by Crippen LogP contribution is -2.51. The van der Waals surface area contributed by atoms with Crippen LogP contribution in [0.4, 0.5) is 5.69 Å². The molecule has 0 aliphatic carbocycles. The van der Waals surface area contributed by atoms with Crippen molar-refractivity contribution < 1.29 is 35.8 Å². The molecule has 3 aromatic carbocycles. The molecule has 3 aromatic rings. The second-order valence-corrected chi connectivity index (χ2v) is 13.9. The molecule has 2 aliphatic heterocycles. The van der Waals surface area contributed by atoms with Crippen molar-refractivity contribution in [1.29, 1.82) is 0 Å². The van der Waals surface area contributed by atoms with Crippen LogP contribution in [0.2, 0.25) is 0 Å². The molecular weight excluding hydrogens is 582 g/mol. The molecule has 224 valence electrons. The molecule has 1 N–H and O–H groups in total. The van der Waals surface area contributed by atoms with E-state index in [1.165, 1.54) is 20.7 Å². The lowest BCUT2D eigenvalue weighted by atomic mass is 10.1. The molecule has 0 saturated carbocycles. The zero-order valence-electron chi connectivity index (χ0n) is 23.4. The van der Waals surface area contributed by atoms with Crippen LogP contribution in [0.1, 0.15) is 11.1 Å². The SMILES string of the molecule is Cc1ccc(S(=O)(=O)N2C[C@H](C(=O)NCCOc3ccc(S(=O)(=O)N4CCOCC4)cc3)Oc3ccc(C)cc32)cc1. The van der Waals surface area contributed by atoms with Crippen LogP contribution < -0.4 is 19.1 Å². The monoisotopic (exact) mass is 615 g/mol. The Morgan fingerprint density at radius 1 is 0.881 bits per heavy atom. The van der Waals surface area contributed by atoms with E-state index in [4.69, 9.17) is 14.2 Å². The van der Waals surface area contributed by atoms with Crippen LogP contribution in [0.15, 0.2) is 76.5 Å². The highest BCUT2D eigenvalue weighted by atomic mass is 32.2. The van der Waals surface area contributed by atoms with Crippen molar-refractivity contribution in [2.45, 2.75) is 29.7 Å². The van der Waals surface area contributed by atoms with Crippen LogP contribution in [0.5, 0.6) is 11.5 Å². The quantitative estimate of drug-likeness (QED) is 0.364. The lowest BCUT2D eigenvalue weighted by molar-refractivity contribution is -0.127. The van der Waals surface area contributed by atoms with Crippen molar-refractivity contribution in [1.82, 2.24) is 9.62 Å². The van der Waals surface area contributed by atoms with Crippen molar-refractivity contribution in [3.8, 4) is 11.5 Å². The van der Waals surface area contributed by atoms with Gasteiger partial charge in [-0.1, -0.05) is 23.8 Å². The highest BCUT2D eigenvalue weighted by Gasteiger charge is 2.37. The predicted octanol–water partition coefficient (Wildman–Crippen LogP) is 2.48. The minimum Gasteiger partial charge on any atom is -0.492 e. The molecule has 0 bridgehead atoms. The van der Waals surface area contributed by atoms with Gasteiger partial charge in [-0.05, 0) is 67.9 Å². The van der Waals surface area contributed by atoms with Crippen molar-refractivity contribution >= 4 is 31.6 Å². The number of aryl methyl sites for hydroxylation is 2. The number of hydrogen-bond donors (Lipinski definition) is 1. The van der Waals surface area contributed by atoms with Gasteiger partial charge in [0.1, 0.15) is 18.1 Å². The molecule has 0 spiro atoms. The van der Waals surface area contributed by atoms with E-state index < -0.39 is 32.1 Å². The standard InChI is InChI=1S/C29H33N3O8S2/c1-21-3-8-25(9-4-21)42(36,37)32-20-28(40-27-12-5-22(2)19-26(27)32)29(33)30-13-16-39-23-6-10-24(11-7-23)41(34,35)31-14-17-38-18-15-31/h3-12,19,28H,13-18,20H2,1-2H3,(H,30,33)/t28-/m1/s1. The second-order valence-electron chi connectivity index (χ2n) is 10.1. The molecule has 0 radical (unpaired) electrons. The summed E-state index contributed by atoms with van der Waals surface area (Å²) >= 11 is 0. The number of hydrogen-bond acceptors (Lipinski definition) is 8. The summed E-state index contributed by atoms with van der Waals surface area (Å²) < 4.78 is 72.2. The number of nitrogens with one attached hydrogen (secondary N) is 1. The molecule has 42 heavy (non-hydrogen) atoms. The third-order valence-electron chi connectivity index (χ3n) is 6.99. The van der Waals surface area contributed by atoms with E-state index in [-0.39, 0.29) is 29.5 Å². The van der Waals surface area contributed by atoms with E-state index in [1.807, 2.05) is 13.8 Å². The van der Waals surface area contributed by atoms with Gasteiger partial charge in [-0.3, -0.25) is 9.10 Å². The van der Waals surface area contributed by atoms with Gasteiger partial charge in [0.15, 0.2) is 6.10 Å². The first kappa shape index (κ1) is 29.8. The van der Waals surface area contributed by atoms with Crippen molar-refractivity contribution in [3.05, 3.63) is 77.9 Å². The number of benzene rings is 3. The van der Waals surface area contributed by atoms with Gasteiger partial charge < -0.3 is 19.5 Å². The Labute approximate surface area is 246 Å². The van der Waals surface area contributed by atoms with Crippen LogP contribution in [-0.2, 0) is 29.6 Å². The first-order chi connectivity index (χ1) is 20.1. The Hall–Kier alpha value is -3.65. The first-order valence-electron chi connectivity index (χ1n) is 13.5. The summed E-state index contributed by atoms with van der Waals surface area (Å²) in [5.74, 6) is 0.255. The summed E-state index contributed by atoms with van der Waals surface area (Å²) in [5, 5.41) is 2.74. The van der Waals surface area contributed by atoms with Gasteiger partial charge in [0.05, 0.1) is 41.8 Å². The third-order valence-corrected chi connectivity index (χ3v) is 10.7. The molecule has 0 aromatic heterocycles. The van der Waals surface area contributed by atoms with Crippen LogP contribution in [0.25, 0.3) is 0 Å². The van der Waals surface area contributed by atoms with E-state index >= 15 is 0 Å². The number of ether oxygens (including phenoxy) is 3. The molecule has 11 nitrogen and oxygen atoms in total. The molecule has 13 heteroatoms. The van der Waals surface area contributed by atoms with E-state index in [9.17, 15) is 21.6 Å². The van der Waals surface area contributed by atoms with E-state index in [0.717, 1.165) is 11.1 Å². The molecule has 1 atom stereocenters. The molecule has 5 rings (SSSR count). The number of fused-ring (bicyclic) bond motifs is 1. The van der Waals surface area contributed by atoms with Gasteiger partial charge in [-0.25, -0.2) is 16.8 Å². The molecule has 2 aliphatic rings. The number of sulfonamides is 2. The highest BCUT2D eigenvalue weighted by molar-refractivity contribution is 7.92. The van der Waals surface area contributed by atoms with E-state index in [1.54, 1.807) is 54.6 Å². The average Bonchev–Trinajstić information content (AvgIpc) is 2.99. The highest BCUT2D eigenvalue weighted by Crippen LogP contribution is 2.37. The van der Waals surface area contributed by atoms with E-state index in [2.05, 4.69) is 5.32 Å². The van der Waals surface area contributed by atoms with Crippen molar-refractivity contribution in [3.63, 3.8) is 0 Å². The summed E-state index contributed by atoms with van der Waals surface area (Å²) in [6, 6.07) is 17.8. The van der Waals surface area contributed by atoms with Gasteiger partial charge in [0.2, 0.25) is 10.0 Å². The summed E-state index contributed by atoms with van der Waals surface area (Å²) in [5.41, 5.74) is 2.16. The van der Waals surface area contributed by atoms with Crippen molar-refractivity contribution in [2.24, 2.45) is 0 Å². The van der Waals surface area contributed by atoms with Gasteiger partial charge in [-0.15, -0.1) is 0 Å². The average molecular weight is 616 g/mol. The summed E-state index contributed by atoms with van der Waals surface area (Å²) in [6.45, 7) is 5.12. The van der Waals surface area contributed by atoms with E-state index in [0.29, 0.717) is 43.5 Å². The molecular formula is C29H33N3O8S2. The molecule has 1 saturated heterocycles. The number of rotatable bonds is 9. The van der Waals surface area contributed by atoms with Gasteiger partial charge in [0.25, 0.3) is 15.9 Å². The topological polar surface area (TPSA) is 132 Å². The zero-order valence-corrected chi connectivity index (χ0v) is 25.0. The number of carbonyl (C=O) groups excluding carboxylic acids is 1. The maximum atomic E-state index is 13.6. The Kier molecular flexibility index (Phi) is 8.73. The fourth-order valence-corrected chi connectivity index (χ4v) is 7.54. The lowest BCUT2D eigenvalue weighted by Gasteiger charge is -2.35. The largest absolute Gasteiger partial charge is 0.492 e. The Balaban J connectivity index is 1.20. The normalized spacial score (nSPS) is 17.7. The molecule has 2 heterocycles. The number of anilines is 1. The van der Waals surface area contributed by atoms with Gasteiger partial charge in [-0.2, -0.15) is 4.31 Å². The van der Waals surface area contributed by atoms with Crippen molar-refractivity contribution in [2.75, 3.05) is 50.3 Å². The maximum absolute atomic E-state index is 13.6. The first-order valence-corrected chi connectivity index (χ1v) is 16.4. The third kappa shape index (κ3) is 6.38. The Morgan fingerprint density at radius 2 is 1.50 bits per heavy atom. The van der Waals surface area contributed by atoms with Gasteiger partial charge in [0, 0.05) is 13.1 Å². The molecule has 0 unspecified atom stereocenters.